The molecule has 3 nitrogen and oxygen atoms in total. The van der Waals surface area contributed by atoms with Gasteiger partial charge in [0.05, 0.1) is 11.8 Å². The van der Waals surface area contributed by atoms with Gasteiger partial charge in [0.2, 0.25) is 0 Å². The van der Waals surface area contributed by atoms with Crippen LogP contribution in [0.25, 0.3) is 0 Å². The van der Waals surface area contributed by atoms with Crippen molar-refractivity contribution in [2.75, 3.05) is 6.54 Å². The molecule has 1 heterocycles. The molecule has 0 aliphatic carbocycles. The standard InChI is InChI=1S/C11H16BrNO2/c1-8(2)4-3-6-13-11(14)9-5-7-15-10(9)12/h5,7-8H,3-4,6H2,1-2H3,(H,13,14). The highest BCUT2D eigenvalue weighted by Crippen LogP contribution is 2.17. The summed E-state index contributed by atoms with van der Waals surface area (Å²) < 4.78 is 5.48. The molecule has 0 fully saturated rings. The van der Waals surface area contributed by atoms with E-state index in [4.69, 9.17) is 4.42 Å². The first kappa shape index (κ1) is 12.3. The molecule has 1 aromatic rings. The Bertz CT molecular complexity index is 320. The van der Waals surface area contributed by atoms with Gasteiger partial charge in [-0.2, -0.15) is 0 Å². The van der Waals surface area contributed by atoms with E-state index < -0.39 is 0 Å². The number of nitrogens with one attached hydrogen (secondary N) is 1. The van der Waals surface area contributed by atoms with Crippen molar-refractivity contribution in [3.8, 4) is 0 Å². The van der Waals surface area contributed by atoms with Crippen molar-refractivity contribution in [2.45, 2.75) is 26.7 Å². The first-order valence-electron chi connectivity index (χ1n) is 5.12. The summed E-state index contributed by atoms with van der Waals surface area (Å²) in [6.45, 7) is 5.07. The third-order valence-electron chi connectivity index (χ3n) is 2.11. The zero-order valence-corrected chi connectivity index (χ0v) is 10.6. The van der Waals surface area contributed by atoms with Gasteiger partial charge < -0.3 is 9.73 Å². The van der Waals surface area contributed by atoms with E-state index in [0.29, 0.717) is 22.7 Å². The van der Waals surface area contributed by atoms with Crippen molar-refractivity contribution in [3.05, 3.63) is 22.6 Å². The maximum atomic E-state index is 11.6. The van der Waals surface area contributed by atoms with Crippen molar-refractivity contribution < 1.29 is 9.21 Å². The summed E-state index contributed by atoms with van der Waals surface area (Å²) in [6.07, 6.45) is 3.64. The van der Waals surface area contributed by atoms with Crippen LogP contribution in [0.15, 0.2) is 21.4 Å². The van der Waals surface area contributed by atoms with Gasteiger partial charge in [0, 0.05) is 6.54 Å². The van der Waals surface area contributed by atoms with Crippen molar-refractivity contribution >= 4 is 21.8 Å². The normalized spacial score (nSPS) is 10.7. The molecule has 0 unspecified atom stereocenters. The Kier molecular flexibility index (Phi) is 4.88. The van der Waals surface area contributed by atoms with Gasteiger partial charge in [0.15, 0.2) is 4.67 Å². The number of carbonyl (C=O) groups excluding carboxylic acids is 1. The number of rotatable bonds is 5. The number of halogens is 1. The zero-order chi connectivity index (χ0) is 11.3. The smallest absolute Gasteiger partial charge is 0.255 e. The van der Waals surface area contributed by atoms with Gasteiger partial charge in [0.25, 0.3) is 5.91 Å². The quantitative estimate of drug-likeness (QED) is 0.838. The van der Waals surface area contributed by atoms with Gasteiger partial charge in [-0.1, -0.05) is 13.8 Å². The van der Waals surface area contributed by atoms with Crippen molar-refractivity contribution in [3.63, 3.8) is 0 Å². The van der Waals surface area contributed by atoms with Crippen molar-refractivity contribution in [1.82, 2.24) is 5.32 Å². The Labute approximate surface area is 98.4 Å². The van der Waals surface area contributed by atoms with E-state index >= 15 is 0 Å². The topological polar surface area (TPSA) is 42.2 Å². The van der Waals surface area contributed by atoms with E-state index in [1.165, 1.54) is 6.26 Å². The molecular formula is C11H16BrNO2. The second-order valence-electron chi connectivity index (χ2n) is 3.90. The average Bonchev–Trinajstić information content (AvgIpc) is 2.58. The maximum absolute atomic E-state index is 11.6. The van der Waals surface area contributed by atoms with Crippen LogP contribution in [-0.4, -0.2) is 12.5 Å². The monoisotopic (exact) mass is 273 g/mol. The Hall–Kier alpha value is -0.770. The summed E-state index contributed by atoms with van der Waals surface area (Å²) in [4.78, 5) is 11.6. The maximum Gasteiger partial charge on any atom is 0.255 e. The van der Waals surface area contributed by atoms with Gasteiger partial charge in [-0.3, -0.25) is 4.79 Å². The summed E-state index contributed by atoms with van der Waals surface area (Å²) in [6, 6.07) is 1.65. The molecule has 0 saturated carbocycles. The fourth-order valence-electron chi connectivity index (χ4n) is 1.26. The molecule has 1 N–H and O–H groups in total. The van der Waals surface area contributed by atoms with Gasteiger partial charge in [-0.05, 0) is 40.8 Å². The molecule has 0 saturated heterocycles. The number of hydrogen-bond acceptors (Lipinski definition) is 2. The predicted octanol–water partition coefficient (Wildman–Crippen LogP) is 3.21. The second kappa shape index (κ2) is 5.95. The average molecular weight is 274 g/mol. The summed E-state index contributed by atoms with van der Waals surface area (Å²) in [7, 11) is 0. The molecule has 0 aliphatic rings. The van der Waals surface area contributed by atoms with E-state index in [1.54, 1.807) is 6.07 Å². The van der Waals surface area contributed by atoms with Crippen LogP contribution in [0.3, 0.4) is 0 Å². The van der Waals surface area contributed by atoms with Crippen molar-refractivity contribution in [1.29, 1.82) is 0 Å². The molecular weight excluding hydrogens is 258 g/mol. The lowest BCUT2D eigenvalue weighted by molar-refractivity contribution is 0.0951. The van der Waals surface area contributed by atoms with Crippen LogP contribution in [0.4, 0.5) is 0 Å². The van der Waals surface area contributed by atoms with E-state index in [0.717, 1.165) is 12.8 Å². The molecule has 15 heavy (non-hydrogen) atoms. The largest absolute Gasteiger partial charge is 0.457 e. The van der Waals surface area contributed by atoms with E-state index in [2.05, 4.69) is 35.1 Å². The lowest BCUT2D eigenvalue weighted by Gasteiger charge is -2.05. The van der Waals surface area contributed by atoms with Gasteiger partial charge in [-0.15, -0.1) is 0 Å². The molecule has 0 bridgehead atoms. The molecule has 0 atom stereocenters. The lowest BCUT2D eigenvalue weighted by Crippen LogP contribution is -2.24. The lowest BCUT2D eigenvalue weighted by atomic mass is 10.1. The van der Waals surface area contributed by atoms with Crippen molar-refractivity contribution in [2.24, 2.45) is 5.92 Å². The number of amides is 1. The highest BCUT2D eigenvalue weighted by Gasteiger charge is 2.11. The third kappa shape index (κ3) is 4.08. The summed E-state index contributed by atoms with van der Waals surface area (Å²) in [5.41, 5.74) is 0.555. The predicted molar refractivity (Wildman–Crippen MR) is 62.8 cm³/mol. The second-order valence-corrected chi connectivity index (χ2v) is 4.62. The molecule has 0 radical (unpaired) electrons. The fraction of sp³-hybridized carbons (Fsp3) is 0.545. The van der Waals surface area contributed by atoms with Gasteiger partial charge >= 0.3 is 0 Å². The molecule has 1 rings (SSSR count). The first-order chi connectivity index (χ1) is 7.11. The number of furan rings is 1. The molecule has 0 spiro atoms. The van der Waals surface area contributed by atoms with Crippen LogP contribution >= 0.6 is 15.9 Å². The van der Waals surface area contributed by atoms with E-state index in [1.807, 2.05) is 0 Å². The Morgan fingerprint density at radius 2 is 2.33 bits per heavy atom. The number of carbonyl (C=O) groups is 1. The van der Waals surface area contributed by atoms with Crippen LogP contribution in [0, 0.1) is 5.92 Å². The van der Waals surface area contributed by atoms with E-state index in [-0.39, 0.29) is 5.91 Å². The zero-order valence-electron chi connectivity index (χ0n) is 9.05. The highest BCUT2D eigenvalue weighted by molar-refractivity contribution is 9.10. The van der Waals surface area contributed by atoms with Crippen LogP contribution in [0.5, 0.6) is 0 Å². The van der Waals surface area contributed by atoms with Crippen LogP contribution < -0.4 is 5.32 Å². The van der Waals surface area contributed by atoms with Crippen LogP contribution in [-0.2, 0) is 0 Å². The summed E-state index contributed by atoms with van der Waals surface area (Å²) in [5, 5.41) is 2.85. The Balaban J connectivity index is 2.28. The minimum Gasteiger partial charge on any atom is -0.457 e. The fourth-order valence-corrected chi connectivity index (χ4v) is 1.68. The van der Waals surface area contributed by atoms with Gasteiger partial charge in [0.1, 0.15) is 0 Å². The highest BCUT2D eigenvalue weighted by atomic mass is 79.9. The Morgan fingerprint density at radius 3 is 2.87 bits per heavy atom. The molecule has 4 heteroatoms. The SMILES string of the molecule is CC(C)CCCNC(=O)c1ccoc1Br. The molecule has 1 amide bonds. The Morgan fingerprint density at radius 1 is 1.60 bits per heavy atom. The molecule has 0 aliphatic heterocycles. The third-order valence-corrected chi connectivity index (χ3v) is 2.72. The minimum absolute atomic E-state index is 0.0839. The molecule has 84 valence electrons. The summed E-state index contributed by atoms with van der Waals surface area (Å²) >= 11 is 3.17. The molecule has 1 aromatic heterocycles. The van der Waals surface area contributed by atoms with Crippen LogP contribution in [0.2, 0.25) is 0 Å². The molecule has 0 aromatic carbocycles. The van der Waals surface area contributed by atoms with E-state index in [9.17, 15) is 4.79 Å². The number of hydrogen-bond donors (Lipinski definition) is 1. The van der Waals surface area contributed by atoms with Gasteiger partial charge in [-0.25, -0.2) is 0 Å². The minimum atomic E-state index is -0.0839. The summed E-state index contributed by atoms with van der Waals surface area (Å²) in [5.74, 6) is 0.599. The first-order valence-corrected chi connectivity index (χ1v) is 5.91. The van der Waals surface area contributed by atoms with Crippen LogP contribution in [0.1, 0.15) is 37.0 Å².